The van der Waals surface area contributed by atoms with Crippen LogP contribution in [0.2, 0.25) is 0 Å². The smallest absolute Gasteiger partial charge is 0.407 e. The molecule has 2 amide bonds. The zero-order chi connectivity index (χ0) is 16.9. The molecule has 1 fully saturated rings. The summed E-state index contributed by atoms with van der Waals surface area (Å²) >= 11 is 0. The quantitative estimate of drug-likeness (QED) is 0.894. The second-order valence-electron chi connectivity index (χ2n) is 6.55. The van der Waals surface area contributed by atoms with Gasteiger partial charge in [-0.05, 0) is 51.3 Å². The molecule has 2 N–H and O–H groups in total. The number of ether oxygens (including phenoxy) is 2. The number of benzene rings is 1. The van der Waals surface area contributed by atoms with Gasteiger partial charge in [0.2, 0.25) is 0 Å². The molecule has 1 heterocycles. The zero-order valence-electron chi connectivity index (χ0n) is 13.8. The summed E-state index contributed by atoms with van der Waals surface area (Å²) < 4.78 is 10.5. The Hall–Kier alpha value is -2.08. The van der Waals surface area contributed by atoms with Gasteiger partial charge in [0.25, 0.3) is 5.91 Å². The third-order valence-corrected chi connectivity index (χ3v) is 3.25. The number of amides is 2. The molecule has 0 spiro atoms. The highest BCUT2D eigenvalue weighted by Crippen LogP contribution is 2.16. The molecule has 6 heteroatoms. The van der Waals surface area contributed by atoms with E-state index in [1.54, 1.807) is 0 Å². The molecule has 1 saturated heterocycles. The lowest BCUT2D eigenvalue weighted by molar-refractivity contribution is -0.124. The van der Waals surface area contributed by atoms with E-state index >= 15 is 0 Å². The van der Waals surface area contributed by atoms with Crippen molar-refractivity contribution in [2.75, 3.05) is 11.9 Å². The third kappa shape index (κ3) is 5.90. The second kappa shape index (κ2) is 7.46. The number of nitrogens with one attached hydrogen (secondary N) is 2. The predicted molar refractivity (Wildman–Crippen MR) is 87.1 cm³/mol. The van der Waals surface area contributed by atoms with Gasteiger partial charge in [0, 0.05) is 18.8 Å². The Morgan fingerprint density at radius 1 is 1.35 bits per heavy atom. The monoisotopic (exact) mass is 320 g/mol. The van der Waals surface area contributed by atoms with E-state index in [9.17, 15) is 9.59 Å². The first kappa shape index (κ1) is 17.3. The summed E-state index contributed by atoms with van der Waals surface area (Å²) in [7, 11) is 0. The molecule has 126 valence electrons. The Labute approximate surface area is 136 Å². The first-order chi connectivity index (χ1) is 10.8. The van der Waals surface area contributed by atoms with Crippen LogP contribution in [0.15, 0.2) is 24.3 Å². The number of hydrogen-bond acceptors (Lipinski definition) is 4. The summed E-state index contributed by atoms with van der Waals surface area (Å²) in [5.74, 6) is -0.125. The van der Waals surface area contributed by atoms with Crippen LogP contribution < -0.4 is 10.6 Å². The molecule has 1 unspecified atom stereocenters. The van der Waals surface area contributed by atoms with Crippen molar-refractivity contribution >= 4 is 17.7 Å². The van der Waals surface area contributed by atoms with Crippen LogP contribution in [0.25, 0.3) is 0 Å². The minimum atomic E-state index is -0.527. The fourth-order valence-corrected chi connectivity index (χ4v) is 2.25. The van der Waals surface area contributed by atoms with Crippen molar-refractivity contribution in [1.29, 1.82) is 0 Å². The molecular weight excluding hydrogens is 296 g/mol. The summed E-state index contributed by atoms with van der Waals surface area (Å²) in [6.45, 7) is 6.41. The van der Waals surface area contributed by atoms with Crippen LogP contribution in [0.4, 0.5) is 10.5 Å². The first-order valence-electron chi connectivity index (χ1n) is 7.82. The largest absolute Gasteiger partial charge is 0.444 e. The van der Waals surface area contributed by atoms with E-state index in [2.05, 4.69) is 10.6 Å². The van der Waals surface area contributed by atoms with Crippen molar-refractivity contribution < 1.29 is 19.1 Å². The van der Waals surface area contributed by atoms with Gasteiger partial charge in [0.15, 0.2) is 0 Å². The standard InChI is InChI=1S/C17H24N2O4/c1-17(2,3)23-16(21)18-11-12-6-4-7-13(10-12)19-15(20)14-8-5-9-22-14/h4,6-7,10,14H,5,8-9,11H2,1-3H3,(H,18,21)(H,19,20). The Bertz CT molecular complexity index is 560. The molecular formula is C17H24N2O4. The molecule has 1 aliphatic rings. The Balaban J connectivity index is 1.87. The summed E-state index contributed by atoms with van der Waals surface area (Å²) in [6, 6.07) is 7.34. The van der Waals surface area contributed by atoms with Gasteiger partial charge < -0.3 is 20.1 Å². The van der Waals surface area contributed by atoms with Crippen LogP contribution in [0.3, 0.4) is 0 Å². The number of carbonyl (C=O) groups excluding carboxylic acids is 2. The predicted octanol–water partition coefficient (Wildman–Crippen LogP) is 2.83. The fraction of sp³-hybridized carbons (Fsp3) is 0.529. The molecule has 1 aromatic rings. The third-order valence-electron chi connectivity index (χ3n) is 3.25. The maximum Gasteiger partial charge on any atom is 0.407 e. The summed E-state index contributed by atoms with van der Waals surface area (Å²) in [4.78, 5) is 23.7. The molecule has 23 heavy (non-hydrogen) atoms. The maximum absolute atomic E-state index is 12.0. The van der Waals surface area contributed by atoms with Crippen molar-refractivity contribution in [3.05, 3.63) is 29.8 Å². The molecule has 1 aliphatic heterocycles. The Morgan fingerprint density at radius 2 is 2.13 bits per heavy atom. The van der Waals surface area contributed by atoms with E-state index in [-0.39, 0.29) is 12.0 Å². The van der Waals surface area contributed by atoms with Gasteiger partial charge in [0.1, 0.15) is 11.7 Å². The van der Waals surface area contributed by atoms with Crippen LogP contribution in [0.1, 0.15) is 39.2 Å². The van der Waals surface area contributed by atoms with Crippen molar-refractivity contribution in [3.63, 3.8) is 0 Å². The highest BCUT2D eigenvalue weighted by atomic mass is 16.6. The lowest BCUT2D eigenvalue weighted by atomic mass is 10.2. The van der Waals surface area contributed by atoms with Gasteiger partial charge in [-0.2, -0.15) is 0 Å². The number of carbonyl (C=O) groups is 2. The Kier molecular flexibility index (Phi) is 5.60. The van der Waals surface area contributed by atoms with Gasteiger partial charge in [-0.15, -0.1) is 0 Å². The van der Waals surface area contributed by atoms with E-state index < -0.39 is 11.7 Å². The first-order valence-corrected chi connectivity index (χ1v) is 7.82. The highest BCUT2D eigenvalue weighted by Gasteiger charge is 2.23. The van der Waals surface area contributed by atoms with Crippen molar-refractivity contribution in [2.24, 2.45) is 0 Å². The summed E-state index contributed by atoms with van der Waals surface area (Å²) in [6.07, 6.45) is 0.841. The van der Waals surface area contributed by atoms with Gasteiger partial charge in [-0.25, -0.2) is 4.79 Å². The van der Waals surface area contributed by atoms with Gasteiger partial charge >= 0.3 is 6.09 Å². The van der Waals surface area contributed by atoms with Gasteiger partial charge in [-0.1, -0.05) is 12.1 Å². The van der Waals surface area contributed by atoms with E-state index in [1.807, 2.05) is 45.0 Å². The van der Waals surface area contributed by atoms with Crippen LogP contribution in [0.5, 0.6) is 0 Å². The van der Waals surface area contributed by atoms with Crippen LogP contribution >= 0.6 is 0 Å². The fourth-order valence-electron chi connectivity index (χ4n) is 2.25. The van der Waals surface area contributed by atoms with Crippen LogP contribution in [-0.4, -0.2) is 30.3 Å². The van der Waals surface area contributed by atoms with E-state index in [1.165, 1.54) is 0 Å². The molecule has 2 rings (SSSR count). The number of alkyl carbamates (subject to hydrolysis) is 1. The van der Waals surface area contributed by atoms with E-state index in [4.69, 9.17) is 9.47 Å². The van der Waals surface area contributed by atoms with Gasteiger partial charge in [-0.3, -0.25) is 4.79 Å². The molecule has 0 aliphatic carbocycles. The van der Waals surface area contributed by atoms with Crippen molar-refractivity contribution in [1.82, 2.24) is 5.32 Å². The molecule has 0 radical (unpaired) electrons. The van der Waals surface area contributed by atoms with Gasteiger partial charge in [0.05, 0.1) is 0 Å². The average molecular weight is 320 g/mol. The maximum atomic E-state index is 12.0. The zero-order valence-corrected chi connectivity index (χ0v) is 13.8. The molecule has 0 bridgehead atoms. The molecule has 1 aromatic carbocycles. The number of hydrogen-bond donors (Lipinski definition) is 2. The summed E-state index contributed by atoms with van der Waals surface area (Å²) in [5.41, 5.74) is 1.04. The molecule has 0 aromatic heterocycles. The van der Waals surface area contributed by atoms with E-state index in [0.29, 0.717) is 18.8 Å². The highest BCUT2D eigenvalue weighted by molar-refractivity contribution is 5.94. The van der Waals surface area contributed by atoms with Crippen molar-refractivity contribution in [3.8, 4) is 0 Å². The SMILES string of the molecule is CC(C)(C)OC(=O)NCc1cccc(NC(=O)C2CCCO2)c1. The number of anilines is 1. The average Bonchev–Trinajstić information content (AvgIpc) is 2.98. The molecule has 0 saturated carbocycles. The second-order valence-corrected chi connectivity index (χ2v) is 6.55. The molecule has 1 atom stereocenters. The van der Waals surface area contributed by atoms with Crippen LogP contribution in [0, 0.1) is 0 Å². The van der Waals surface area contributed by atoms with Crippen molar-refractivity contribution in [2.45, 2.75) is 51.9 Å². The number of rotatable bonds is 4. The lowest BCUT2D eigenvalue weighted by Gasteiger charge is -2.19. The van der Waals surface area contributed by atoms with Crippen LogP contribution in [-0.2, 0) is 20.8 Å². The molecule has 6 nitrogen and oxygen atoms in total. The topological polar surface area (TPSA) is 76.7 Å². The summed E-state index contributed by atoms with van der Waals surface area (Å²) in [5, 5.41) is 5.53. The van der Waals surface area contributed by atoms with E-state index in [0.717, 1.165) is 18.4 Å². The lowest BCUT2D eigenvalue weighted by Crippen LogP contribution is -2.32. The Morgan fingerprint density at radius 3 is 2.78 bits per heavy atom. The normalized spacial score (nSPS) is 17.6. The minimum absolute atomic E-state index is 0.125. The minimum Gasteiger partial charge on any atom is -0.444 e.